The summed E-state index contributed by atoms with van der Waals surface area (Å²) in [6, 6.07) is 5.33. The number of hydrogen-bond donors (Lipinski definition) is 1. The summed E-state index contributed by atoms with van der Waals surface area (Å²) in [5, 5.41) is 3.36. The Morgan fingerprint density at radius 3 is 3.00 bits per heavy atom. The molecule has 3 heterocycles. The number of rotatable bonds is 2. The molecule has 0 spiro atoms. The van der Waals surface area contributed by atoms with Crippen LogP contribution in [0.25, 0.3) is 0 Å². The minimum atomic E-state index is -3.40. The van der Waals surface area contributed by atoms with E-state index in [0.29, 0.717) is 29.9 Å². The van der Waals surface area contributed by atoms with Crippen LogP contribution in [0.1, 0.15) is 12.5 Å². The Bertz CT molecular complexity index is 673. The van der Waals surface area contributed by atoms with Gasteiger partial charge in [0.25, 0.3) is 0 Å². The lowest BCUT2D eigenvalue weighted by Gasteiger charge is -2.24. The molecule has 0 aromatic heterocycles. The first-order chi connectivity index (χ1) is 10.1. The molecular weight excluding hydrogens is 288 g/mol. The molecule has 1 N–H and O–H groups in total. The number of nitrogens with one attached hydrogen (secondary N) is 1. The van der Waals surface area contributed by atoms with E-state index in [1.807, 2.05) is 6.92 Å². The summed E-state index contributed by atoms with van der Waals surface area (Å²) in [6.45, 7) is 5.17. The molecule has 6 heteroatoms. The molecule has 0 aliphatic carbocycles. The molecule has 0 radical (unpaired) electrons. The van der Waals surface area contributed by atoms with Gasteiger partial charge in [0.2, 0.25) is 10.0 Å². The summed E-state index contributed by atoms with van der Waals surface area (Å²) in [7, 11) is -3.40. The summed E-state index contributed by atoms with van der Waals surface area (Å²) in [5.41, 5.74) is 1.00. The van der Waals surface area contributed by atoms with Crippen molar-refractivity contribution in [2.45, 2.75) is 24.3 Å². The number of hydrogen-bond acceptors (Lipinski definition) is 4. The van der Waals surface area contributed by atoms with E-state index >= 15 is 0 Å². The average Bonchev–Trinajstić information content (AvgIpc) is 3.15. The Labute approximate surface area is 125 Å². The van der Waals surface area contributed by atoms with Gasteiger partial charge in [-0.25, -0.2) is 8.42 Å². The number of ether oxygens (including phenoxy) is 1. The van der Waals surface area contributed by atoms with Crippen LogP contribution in [0.15, 0.2) is 23.1 Å². The SMILES string of the molecule is CC1C2CNCC2CN1S(=O)(=O)c1ccc2c(c1)CCO2. The summed E-state index contributed by atoms with van der Waals surface area (Å²) in [6.07, 6.45) is 0.795. The standard InChI is InChI=1S/C15H20N2O3S/c1-10-14-8-16-7-12(14)9-17(10)21(18,19)13-2-3-15-11(6-13)4-5-20-15/h2-3,6,10,12,14,16H,4-5,7-9H2,1H3. The van der Waals surface area contributed by atoms with Gasteiger partial charge < -0.3 is 10.1 Å². The fraction of sp³-hybridized carbons (Fsp3) is 0.600. The van der Waals surface area contributed by atoms with Gasteiger partial charge in [0.05, 0.1) is 11.5 Å². The molecule has 0 saturated carbocycles. The van der Waals surface area contributed by atoms with Gasteiger partial charge in [-0.1, -0.05) is 0 Å². The third kappa shape index (κ3) is 2.00. The molecular formula is C15H20N2O3S. The second kappa shape index (κ2) is 4.69. The molecule has 2 fully saturated rings. The molecule has 1 aromatic rings. The van der Waals surface area contributed by atoms with Crippen molar-refractivity contribution in [3.8, 4) is 5.75 Å². The molecule has 3 aliphatic rings. The third-order valence-corrected chi connectivity index (χ3v) is 7.10. The first-order valence-electron chi connectivity index (χ1n) is 7.55. The maximum absolute atomic E-state index is 12.9. The zero-order valence-corrected chi connectivity index (χ0v) is 12.9. The smallest absolute Gasteiger partial charge is 0.243 e. The van der Waals surface area contributed by atoms with Crippen LogP contribution in [-0.4, -0.2) is 45.0 Å². The monoisotopic (exact) mass is 308 g/mol. The zero-order valence-electron chi connectivity index (χ0n) is 12.1. The highest BCUT2D eigenvalue weighted by atomic mass is 32.2. The number of sulfonamides is 1. The molecule has 3 aliphatic heterocycles. The molecule has 5 nitrogen and oxygen atoms in total. The van der Waals surface area contributed by atoms with Gasteiger partial charge >= 0.3 is 0 Å². The maximum atomic E-state index is 12.9. The van der Waals surface area contributed by atoms with Crippen molar-refractivity contribution in [3.63, 3.8) is 0 Å². The van der Waals surface area contributed by atoms with Crippen LogP contribution < -0.4 is 10.1 Å². The maximum Gasteiger partial charge on any atom is 0.243 e. The molecule has 2 saturated heterocycles. The van der Waals surface area contributed by atoms with E-state index in [0.717, 1.165) is 30.8 Å². The van der Waals surface area contributed by atoms with Crippen molar-refractivity contribution < 1.29 is 13.2 Å². The topological polar surface area (TPSA) is 58.6 Å². The van der Waals surface area contributed by atoms with Gasteiger partial charge in [-0.2, -0.15) is 4.31 Å². The highest BCUT2D eigenvalue weighted by molar-refractivity contribution is 7.89. The quantitative estimate of drug-likeness (QED) is 0.880. The summed E-state index contributed by atoms with van der Waals surface area (Å²) < 4.78 is 33.0. The van der Waals surface area contributed by atoms with Gasteiger partial charge in [-0.15, -0.1) is 0 Å². The average molecular weight is 308 g/mol. The van der Waals surface area contributed by atoms with Crippen LogP contribution in [0.5, 0.6) is 5.75 Å². The molecule has 21 heavy (non-hydrogen) atoms. The summed E-state index contributed by atoms with van der Waals surface area (Å²) >= 11 is 0. The van der Waals surface area contributed by atoms with Gasteiger partial charge in [0, 0.05) is 19.0 Å². The summed E-state index contributed by atoms with van der Waals surface area (Å²) in [5.74, 6) is 1.72. The lowest BCUT2D eigenvalue weighted by atomic mass is 9.95. The van der Waals surface area contributed by atoms with Crippen molar-refractivity contribution >= 4 is 10.0 Å². The van der Waals surface area contributed by atoms with Crippen LogP contribution >= 0.6 is 0 Å². The highest BCUT2D eigenvalue weighted by Gasteiger charge is 2.46. The lowest BCUT2D eigenvalue weighted by molar-refractivity contribution is 0.356. The van der Waals surface area contributed by atoms with Crippen molar-refractivity contribution in [2.75, 3.05) is 26.2 Å². The third-order valence-electron chi connectivity index (χ3n) is 5.15. The van der Waals surface area contributed by atoms with Crippen LogP contribution in [0, 0.1) is 11.8 Å². The van der Waals surface area contributed by atoms with E-state index in [1.165, 1.54) is 0 Å². The van der Waals surface area contributed by atoms with Crippen LogP contribution in [0.3, 0.4) is 0 Å². The minimum absolute atomic E-state index is 0.0690. The van der Waals surface area contributed by atoms with Gasteiger partial charge in [0.15, 0.2) is 0 Å². The Balaban J connectivity index is 1.67. The van der Waals surface area contributed by atoms with E-state index in [-0.39, 0.29) is 6.04 Å². The Kier molecular flexibility index (Phi) is 3.03. The van der Waals surface area contributed by atoms with E-state index in [4.69, 9.17) is 4.74 Å². The lowest BCUT2D eigenvalue weighted by Crippen LogP contribution is -2.38. The van der Waals surface area contributed by atoms with Crippen molar-refractivity contribution in [1.29, 1.82) is 0 Å². The molecule has 114 valence electrons. The van der Waals surface area contributed by atoms with Crippen LogP contribution in [-0.2, 0) is 16.4 Å². The normalized spacial score (nSPS) is 32.0. The van der Waals surface area contributed by atoms with Crippen molar-refractivity contribution in [3.05, 3.63) is 23.8 Å². The van der Waals surface area contributed by atoms with E-state index in [1.54, 1.807) is 22.5 Å². The van der Waals surface area contributed by atoms with Crippen LogP contribution in [0.2, 0.25) is 0 Å². The number of nitrogens with zero attached hydrogens (tertiary/aromatic N) is 1. The fourth-order valence-corrected chi connectivity index (χ4v) is 5.69. The Morgan fingerprint density at radius 2 is 2.19 bits per heavy atom. The van der Waals surface area contributed by atoms with E-state index < -0.39 is 10.0 Å². The van der Waals surface area contributed by atoms with Gasteiger partial charge in [-0.05, 0) is 55.6 Å². The predicted molar refractivity (Wildman–Crippen MR) is 78.8 cm³/mol. The van der Waals surface area contributed by atoms with E-state index in [9.17, 15) is 8.42 Å². The molecule has 4 rings (SSSR count). The summed E-state index contributed by atoms with van der Waals surface area (Å²) in [4.78, 5) is 0.409. The highest BCUT2D eigenvalue weighted by Crippen LogP contribution is 2.37. The second-order valence-corrected chi connectivity index (χ2v) is 8.16. The van der Waals surface area contributed by atoms with Gasteiger partial charge in [-0.3, -0.25) is 0 Å². The van der Waals surface area contributed by atoms with Crippen molar-refractivity contribution in [2.24, 2.45) is 11.8 Å². The fourth-order valence-electron chi connectivity index (χ4n) is 3.90. The Morgan fingerprint density at radius 1 is 1.33 bits per heavy atom. The van der Waals surface area contributed by atoms with Crippen molar-refractivity contribution in [1.82, 2.24) is 9.62 Å². The van der Waals surface area contributed by atoms with Gasteiger partial charge in [0.1, 0.15) is 5.75 Å². The minimum Gasteiger partial charge on any atom is -0.493 e. The first kappa shape index (κ1) is 13.5. The zero-order chi connectivity index (χ0) is 14.6. The second-order valence-electron chi connectivity index (χ2n) is 6.27. The molecule has 3 atom stereocenters. The molecule has 0 amide bonds. The largest absolute Gasteiger partial charge is 0.493 e. The van der Waals surface area contributed by atoms with Crippen LogP contribution in [0.4, 0.5) is 0 Å². The number of benzene rings is 1. The Hall–Kier alpha value is -1.11. The molecule has 1 aromatic carbocycles. The number of fused-ring (bicyclic) bond motifs is 2. The predicted octanol–water partition coefficient (Wildman–Crippen LogP) is 0.850. The first-order valence-corrected chi connectivity index (χ1v) is 8.99. The molecule has 3 unspecified atom stereocenters. The molecule has 0 bridgehead atoms. The van der Waals surface area contributed by atoms with E-state index in [2.05, 4.69) is 5.32 Å².